The molecular formula is C14H17FN2O. The van der Waals surface area contributed by atoms with Crippen molar-refractivity contribution in [3.05, 3.63) is 29.6 Å². The zero-order valence-electron chi connectivity index (χ0n) is 10.4. The molecule has 2 unspecified atom stereocenters. The van der Waals surface area contributed by atoms with Crippen molar-refractivity contribution in [2.75, 3.05) is 11.9 Å². The van der Waals surface area contributed by atoms with Crippen molar-refractivity contribution in [3.63, 3.8) is 0 Å². The van der Waals surface area contributed by atoms with Gasteiger partial charge in [-0.2, -0.15) is 5.26 Å². The van der Waals surface area contributed by atoms with Gasteiger partial charge in [0.25, 0.3) is 0 Å². The Morgan fingerprint density at radius 2 is 2.44 bits per heavy atom. The van der Waals surface area contributed by atoms with E-state index in [1.807, 2.05) is 6.07 Å². The fourth-order valence-electron chi connectivity index (χ4n) is 2.34. The summed E-state index contributed by atoms with van der Waals surface area (Å²) in [6.45, 7) is 2.85. The van der Waals surface area contributed by atoms with E-state index in [2.05, 4.69) is 12.2 Å². The SMILES string of the molecule is CCC(Nc1cccc(F)c1C#N)C1CCCO1. The molecule has 0 spiro atoms. The van der Waals surface area contributed by atoms with E-state index < -0.39 is 5.82 Å². The van der Waals surface area contributed by atoms with Crippen LogP contribution in [-0.4, -0.2) is 18.8 Å². The largest absolute Gasteiger partial charge is 0.379 e. The number of nitrogens with one attached hydrogen (secondary N) is 1. The van der Waals surface area contributed by atoms with Gasteiger partial charge < -0.3 is 10.1 Å². The Bertz CT molecular complexity index is 450. The molecule has 96 valence electrons. The molecule has 0 saturated carbocycles. The van der Waals surface area contributed by atoms with E-state index >= 15 is 0 Å². The lowest BCUT2D eigenvalue weighted by molar-refractivity contribution is 0.0943. The van der Waals surface area contributed by atoms with E-state index in [1.165, 1.54) is 6.07 Å². The topological polar surface area (TPSA) is 45.0 Å². The van der Waals surface area contributed by atoms with Gasteiger partial charge in [0.15, 0.2) is 0 Å². The second-order valence-corrected chi connectivity index (χ2v) is 4.48. The third-order valence-corrected chi connectivity index (χ3v) is 3.32. The molecule has 0 aliphatic carbocycles. The number of halogens is 1. The van der Waals surface area contributed by atoms with Crippen molar-refractivity contribution in [1.29, 1.82) is 5.26 Å². The van der Waals surface area contributed by atoms with Gasteiger partial charge in [-0.25, -0.2) is 4.39 Å². The highest BCUT2D eigenvalue weighted by Crippen LogP contribution is 2.24. The average Bonchev–Trinajstić information content (AvgIpc) is 2.89. The van der Waals surface area contributed by atoms with E-state index in [0.29, 0.717) is 5.69 Å². The van der Waals surface area contributed by atoms with E-state index in [1.54, 1.807) is 12.1 Å². The number of nitrogens with zero attached hydrogens (tertiary/aromatic N) is 1. The summed E-state index contributed by atoms with van der Waals surface area (Å²) in [5.74, 6) is -0.482. The maximum absolute atomic E-state index is 13.5. The van der Waals surface area contributed by atoms with Gasteiger partial charge >= 0.3 is 0 Å². The first-order valence-electron chi connectivity index (χ1n) is 6.33. The zero-order chi connectivity index (χ0) is 13.0. The third-order valence-electron chi connectivity index (χ3n) is 3.32. The maximum atomic E-state index is 13.5. The highest BCUT2D eigenvalue weighted by molar-refractivity contribution is 5.58. The summed E-state index contributed by atoms with van der Waals surface area (Å²) in [7, 11) is 0. The van der Waals surface area contributed by atoms with Crippen molar-refractivity contribution in [2.45, 2.75) is 38.3 Å². The van der Waals surface area contributed by atoms with Crippen molar-refractivity contribution in [3.8, 4) is 6.07 Å². The van der Waals surface area contributed by atoms with Gasteiger partial charge in [-0.05, 0) is 31.4 Å². The number of nitriles is 1. The Kier molecular flexibility index (Phi) is 4.16. The first-order chi connectivity index (χ1) is 8.76. The maximum Gasteiger partial charge on any atom is 0.143 e. The van der Waals surface area contributed by atoms with Gasteiger partial charge in [0, 0.05) is 6.61 Å². The molecule has 0 radical (unpaired) electrons. The van der Waals surface area contributed by atoms with Crippen LogP contribution in [0.2, 0.25) is 0 Å². The molecule has 0 bridgehead atoms. The normalized spacial score (nSPS) is 20.4. The molecular weight excluding hydrogens is 231 g/mol. The summed E-state index contributed by atoms with van der Waals surface area (Å²) in [5.41, 5.74) is 0.633. The molecule has 0 aromatic heterocycles. The first-order valence-corrected chi connectivity index (χ1v) is 6.33. The summed E-state index contributed by atoms with van der Waals surface area (Å²) in [6.07, 6.45) is 3.12. The van der Waals surface area contributed by atoms with Crippen molar-refractivity contribution < 1.29 is 9.13 Å². The lowest BCUT2D eigenvalue weighted by atomic mass is 10.0. The Morgan fingerprint density at radius 1 is 1.61 bits per heavy atom. The highest BCUT2D eigenvalue weighted by atomic mass is 19.1. The second kappa shape index (κ2) is 5.83. The van der Waals surface area contributed by atoms with E-state index in [0.717, 1.165) is 25.9 Å². The zero-order valence-corrected chi connectivity index (χ0v) is 10.4. The number of hydrogen-bond acceptors (Lipinski definition) is 3. The smallest absolute Gasteiger partial charge is 0.143 e. The van der Waals surface area contributed by atoms with Crippen molar-refractivity contribution in [1.82, 2.24) is 0 Å². The molecule has 1 aliphatic heterocycles. The predicted molar refractivity (Wildman–Crippen MR) is 67.8 cm³/mol. The third kappa shape index (κ3) is 2.62. The van der Waals surface area contributed by atoms with E-state index in [-0.39, 0.29) is 17.7 Å². The van der Waals surface area contributed by atoms with E-state index in [4.69, 9.17) is 10.00 Å². The number of ether oxygens (including phenoxy) is 1. The van der Waals surface area contributed by atoms with E-state index in [9.17, 15) is 4.39 Å². The quantitative estimate of drug-likeness (QED) is 0.890. The highest BCUT2D eigenvalue weighted by Gasteiger charge is 2.25. The minimum absolute atomic E-state index is 0.0777. The molecule has 1 aromatic rings. The molecule has 1 heterocycles. The molecule has 4 heteroatoms. The van der Waals surface area contributed by atoms with Gasteiger partial charge in [-0.15, -0.1) is 0 Å². The summed E-state index contributed by atoms with van der Waals surface area (Å²) in [5, 5.41) is 12.2. The summed E-state index contributed by atoms with van der Waals surface area (Å²) < 4.78 is 19.1. The first kappa shape index (κ1) is 12.8. The monoisotopic (exact) mass is 248 g/mol. The Hall–Kier alpha value is -1.60. The van der Waals surface area contributed by atoms with Crippen LogP contribution < -0.4 is 5.32 Å². The van der Waals surface area contributed by atoms with Crippen LogP contribution in [0.25, 0.3) is 0 Å². The molecule has 1 saturated heterocycles. The van der Waals surface area contributed by atoms with Crippen LogP contribution in [0.3, 0.4) is 0 Å². The minimum Gasteiger partial charge on any atom is -0.379 e. The Morgan fingerprint density at radius 3 is 3.06 bits per heavy atom. The standard InChI is InChI=1S/C14H17FN2O/c1-2-12(14-7-4-8-18-14)17-13-6-3-5-11(15)10(13)9-16/h3,5-6,12,14,17H,2,4,7-8H2,1H3. The van der Waals surface area contributed by atoms with Crippen LogP contribution in [0, 0.1) is 17.1 Å². The van der Waals surface area contributed by atoms with Gasteiger partial charge in [-0.1, -0.05) is 13.0 Å². The van der Waals surface area contributed by atoms with Crippen LogP contribution in [-0.2, 0) is 4.74 Å². The van der Waals surface area contributed by atoms with Gasteiger partial charge in [0.05, 0.1) is 17.8 Å². The fourth-order valence-corrected chi connectivity index (χ4v) is 2.34. The minimum atomic E-state index is -0.482. The number of rotatable bonds is 4. The van der Waals surface area contributed by atoms with Crippen LogP contribution in [0.4, 0.5) is 10.1 Å². The lowest BCUT2D eigenvalue weighted by Crippen LogP contribution is -2.32. The summed E-state index contributed by atoms with van der Waals surface area (Å²) >= 11 is 0. The van der Waals surface area contributed by atoms with Crippen molar-refractivity contribution >= 4 is 5.69 Å². The van der Waals surface area contributed by atoms with Crippen LogP contribution in [0.1, 0.15) is 31.7 Å². The molecule has 2 rings (SSSR count). The molecule has 1 N–H and O–H groups in total. The Balaban J connectivity index is 2.17. The molecule has 0 amide bonds. The number of benzene rings is 1. The molecule has 1 aliphatic rings. The average molecular weight is 248 g/mol. The number of hydrogen-bond donors (Lipinski definition) is 1. The van der Waals surface area contributed by atoms with Crippen LogP contribution >= 0.6 is 0 Å². The summed E-state index contributed by atoms with van der Waals surface area (Å²) in [6, 6.07) is 6.68. The number of anilines is 1. The fraction of sp³-hybridized carbons (Fsp3) is 0.500. The van der Waals surface area contributed by atoms with Gasteiger partial charge in [-0.3, -0.25) is 0 Å². The predicted octanol–water partition coefficient (Wildman–Crippen LogP) is 3.07. The van der Waals surface area contributed by atoms with Crippen LogP contribution in [0.15, 0.2) is 18.2 Å². The van der Waals surface area contributed by atoms with Gasteiger partial charge in [0.2, 0.25) is 0 Å². The molecule has 2 atom stereocenters. The second-order valence-electron chi connectivity index (χ2n) is 4.48. The van der Waals surface area contributed by atoms with Crippen molar-refractivity contribution in [2.24, 2.45) is 0 Å². The molecule has 1 aromatic carbocycles. The molecule has 18 heavy (non-hydrogen) atoms. The van der Waals surface area contributed by atoms with Gasteiger partial charge in [0.1, 0.15) is 17.4 Å². The molecule has 1 fully saturated rings. The Labute approximate surface area is 107 Å². The van der Waals surface area contributed by atoms with Crippen LogP contribution in [0.5, 0.6) is 0 Å². The summed E-state index contributed by atoms with van der Waals surface area (Å²) in [4.78, 5) is 0. The lowest BCUT2D eigenvalue weighted by Gasteiger charge is -2.24. The molecule has 3 nitrogen and oxygen atoms in total.